The number of nitrogen functional groups attached to an aromatic ring is 1. The molecule has 2 N–H and O–H groups in total. The fourth-order valence-corrected chi connectivity index (χ4v) is 3.09. The van der Waals surface area contributed by atoms with Crippen LogP contribution in [0.4, 0.5) is 5.13 Å². The second kappa shape index (κ2) is 4.42. The summed E-state index contributed by atoms with van der Waals surface area (Å²) in [4.78, 5) is 5.54. The number of benzene rings is 2. The second-order valence-corrected chi connectivity index (χ2v) is 5.49. The summed E-state index contributed by atoms with van der Waals surface area (Å²) in [5.74, 6) is 0. The van der Waals surface area contributed by atoms with Crippen LogP contribution in [0.3, 0.4) is 0 Å². The van der Waals surface area contributed by atoms with Crippen LogP contribution in [0.15, 0.2) is 42.5 Å². The molecule has 0 fully saturated rings. The second-order valence-electron chi connectivity index (χ2n) is 4.38. The summed E-state index contributed by atoms with van der Waals surface area (Å²) in [6.07, 6.45) is 0.905. The lowest BCUT2D eigenvalue weighted by molar-refractivity contribution is 1.16. The fourth-order valence-electron chi connectivity index (χ4n) is 2.23. The molecule has 18 heavy (non-hydrogen) atoms. The van der Waals surface area contributed by atoms with Crippen molar-refractivity contribution in [2.75, 3.05) is 5.73 Å². The Morgan fingerprint density at radius 2 is 1.89 bits per heavy atom. The van der Waals surface area contributed by atoms with E-state index in [1.165, 1.54) is 21.2 Å². The van der Waals surface area contributed by atoms with Crippen LogP contribution in [0.2, 0.25) is 0 Å². The van der Waals surface area contributed by atoms with Crippen molar-refractivity contribution in [3.05, 3.63) is 58.6 Å². The van der Waals surface area contributed by atoms with E-state index >= 15 is 0 Å². The standard InChI is InChI=1S/C15H14N2S/c1-10-14(18-15(16)17-10)9-12-7-4-6-11-5-2-3-8-13(11)12/h2-8H,9H2,1H3,(H2,16,17). The molecule has 0 bridgehead atoms. The van der Waals surface area contributed by atoms with Crippen molar-refractivity contribution in [2.45, 2.75) is 13.3 Å². The summed E-state index contributed by atoms with van der Waals surface area (Å²) in [6, 6.07) is 14.9. The molecule has 0 aliphatic rings. The zero-order chi connectivity index (χ0) is 12.5. The molecule has 3 heteroatoms. The average Bonchev–Trinajstić information content (AvgIpc) is 2.68. The number of thiazole rings is 1. The molecular formula is C15H14N2S. The molecule has 0 saturated carbocycles. The summed E-state index contributed by atoms with van der Waals surface area (Å²) in [5.41, 5.74) is 8.13. The van der Waals surface area contributed by atoms with Gasteiger partial charge in [-0.25, -0.2) is 4.98 Å². The van der Waals surface area contributed by atoms with Crippen LogP contribution in [0, 0.1) is 6.92 Å². The molecule has 0 amide bonds. The van der Waals surface area contributed by atoms with E-state index in [2.05, 4.69) is 47.4 Å². The molecule has 0 radical (unpaired) electrons. The van der Waals surface area contributed by atoms with Crippen molar-refractivity contribution in [2.24, 2.45) is 0 Å². The highest BCUT2D eigenvalue weighted by Crippen LogP contribution is 2.26. The van der Waals surface area contributed by atoms with Crippen LogP contribution in [0.5, 0.6) is 0 Å². The van der Waals surface area contributed by atoms with E-state index in [-0.39, 0.29) is 0 Å². The number of anilines is 1. The van der Waals surface area contributed by atoms with E-state index in [0.717, 1.165) is 12.1 Å². The van der Waals surface area contributed by atoms with E-state index in [1.807, 2.05) is 6.92 Å². The van der Waals surface area contributed by atoms with Gasteiger partial charge in [0.1, 0.15) is 0 Å². The Labute approximate surface area is 110 Å². The summed E-state index contributed by atoms with van der Waals surface area (Å²) in [5, 5.41) is 3.25. The lowest BCUT2D eigenvalue weighted by atomic mass is 10.0. The smallest absolute Gasteiger partial charge is 0.180 e. The third kappa shape index (κ3) is 1.97. The Morgan fingerprint density at radius 3 is 2.67 bits per heavy atom. The van der Waals surface area contributed by atoms with E-state index in [4.69, 9.17) is 5.73 Å². The molecule has 2 aromatic carbocycles. The van der Waals surface area contributed by atoms with Crippen LogP contribution in [0.1, 0.15) is 16.1 Å². The van der Waals surface area contributed by atoms with Gasteiger partial charge in [-0.15, -0.1) is 11.3 Å². The Morgan fingerprint density at radius 1 is 1.11 bits per heavy atom. The molecule has 0 atom stereocenters. The SMILES string of the molecule is Cc1nc(N)sc1Cc1cccc2ccccc12. The minimum absolute atomic E-state index is 0.655. The summed E-state index contributed by atoms with van der Waals surface area (Å²) in [6.45, 7) is 2.02. The third-order valence-corrected chi connectivity index (χ3v) is 4.13. The predicted octanol–water partition coefficient (Wildman–Crippen LogP) is 3.78. The van der Waals surface area contributed by atoms with Crippen molar-refractivity contribution in [1.29, 1.82) is 0 Å². The quantitative estimate of drug-likeness (QED) is 0.756. The fraction of sp³-hybridized carbons (Fsp3) is 0.133. The lowest BCUT2D eigenvalue weighted by Crippen LogP contribution is -1.89. The monoisotopic (exact) mass is 254 g/mol. The van der Waals surface area contributed by atoms with Crippen molar-refractivity contribution in [3.63, 3.8) is 0 Å². The topological polar surface area (TPSA) is 38.9 Å². The Kier molecular flexibility index (Phi) is 2.76. The van der Waals surface area contributed by atoms with Gasteiger partial charge in [0, 0.05) is 11.3 Å². The van der Waals surface area contributed by atoms with Gasteiger partial charge < -0.3 is 5.73 Å². The molecule has 2 nitrogen and oxygen atoms in total. The molecule has 0 aliphatic heterocycles. The van der Waals surface area contributed by atoms with Gasteiger partial charge in [-0.3, -0.25) is 0 Å². The molecular weight excluding hydrogens is 240 g/mol. The van der Waals surface area contributed by atoms with Gasteiger partial charge in [-0.2, -0.15) is 0 Å². The first-order chi connectivity index (χ1) is 8.74. The molecule has 1 heterocycles. The van der Waals surface area contributed by atoms with Crippen molar-refractivity contribution < 1.29 is 0 Å². The molecule has 0 unspecified atom stereocenters. The van der Waals surface area contributed by atoms with Gasteiger partial charge in [-0.05, 0) is 23.3 Å². The lowest BCUT2D eigenvalue weighted by Gasteiger charge is -2.05. The normalized spacial score (nSPS) is 10.9. The Hall–Kier alpha value is -1.87. The van der Waals surface area contributed by atoms with Gasteiger partial charge in [0.05, 0.1) is 5.69 Å². The van der Waals surface area contributed by atoms with Crippen LogP contribution >= 0.6 is 11.3 Å². The number of aromatic nitrogens is 1. The number of aryl methyl sites for hydroxylation is 1. The summed E-state index contributed by atoms with van der Waals surface area (Å²) >= 11 is 1.58. The minimum Gasteiger partial charge on any atom is -0.375 e. The number of hydrogen-bond acceptors (Lipinski definition) is 3. The van der Waals surface area contributed by atoms with Gasteiger partial charge in [0.25, 0.3) is 0 Å². The van der Waals surface area contributed by atoms with Crippen molar-refractivity contribution in [3.8, 4) is 0 Å². The van der Waals surface area contributed by atoms with Crippen molar-refractivity contribution in [1.82, 2.24) is 4.98 Å². The first-order valence-corrected chi connectivity index (χ1v) is 6.74. The van der Waals surface area contributed by atoms with Crippen LogP contribution in [0.25, 0.3) is 10.8 Å². The maximum Gasteiger partial charge on any atom is 0.180 e. The number of fused-ring (bicyclic) bond motifs is 1. The zero-order valence-corrected chi connectivity index (χ0v) is 11.0. The highest BCUT2D eigenvalue weighted by molar-refractivity contribution is 7.15. The Bertz CT molecular complexity index is 695. The Balaban J connectivity index is 2.07. The van der Waals surface area contributed by atoms with Crippen molar-refractivity contribution >= 4 is 27.2 Å². The molecule has 90 valence electrons. The van der Waals surface area contributed by atoms with Gasteiger partial charge >= 0.3 is 0 Å². The van der Waals surface area contributed by atoms with E-state index < -0.39 is 0 Å². The van der Waals surface area contributed by atoms with Crippen LogP contribution in [-0.4, -0.2) is 4.98 Å². The first-order valence-electron chi connectivity index (χ1n) is 5.92. The summed E-state index contributed by atoms with van der Waals surface area (Å²) < 4.78 is 0. The van der Waals surface area contributed by atoms with E-state index in [1.54, 1.807) is 11.3 Å². The number of hydrogen-bond donors (Lipinski definition) is 1. The third-order valence-electron chi connectivity index (χ3n) is 3.14. The molecule has 3 aromatic rings. The van der Waals surface area contributed by atoms with Gasteiger partial charge in [0.2, 0.25) is 0 Å². The van der Waals surface area contributed by atoms with Crippen LogP contribution < -0.4 is 5.73 Å². The molecule has 1 aromatic heterocycles. The van der Waals surface area contributed by atoms with E-state index in [9.17, 15) is 0 Å². The van der Waals surface area contributed by atoms with Crippen LogP contribution in [-0.2, 0) is 6.42 Å². The van der Waals surface area contributed by atoms with E-state index in [0.29, 0.717) is 5.13 Å². The van der Waals surface area contributed by atoms with Gasteiger partial charge in [-0.1, -0.05) is 42.5 Å². The highest BCUT2D eigenvalue weighted by Gasteiger charge is 2.08. The summed E-state index contributed by atoms with van der Waals surface area (Å²) in [7, 11) is 0. The minimum atomic E-state index is 0.655. The average molecular weight is 254 g/mol. The number of nitrogens with zero attached hydrogens (tertiary/aromatic N) is 1. The predicted molar refractivity (Wildman–Crippen MR) is 78.0 cm³/mol. The number of rotatable bonds is 2. The molecule has 0 spiro atoms. The molecule has 0 aliphatic carbocycles. The maximum atomic E-state index is 5.75. The maximum absolute atomic E-state index is 5.75. The zero-order valence-electron chi connectivity index (χ0n) is 10.2. The van der Waals surface area contributed by atoms with Gasteiger partial charge in [0.15, 0.2) is 5.13 Å². The first kappa shape index (κ1) is 11.2. The number of nitrogens with two attached hydrogens (primary N) is 1. The molecule has 3 rings (SSSR count). The highest BCUT2D eigenvalue weighted by atomic mass is 32.1. The molecule has 0 saturated heterocycles. The largest absolute Gasteiger partial charge is 0.375 e.